The molecule has 1 aliphatic rings. The van der Waals surface area contributed by atoms with E-state index in [1.165, 1.54) is 13.3 Å². The van der Waals surface area contributed by atoms with E-state index in [4.69, 9.17) is 30.5 Å². The number of benzene rings is 2. The number of hydrazone groups is 1. The first kappa shape index (κ1) is 19.8. The number of rotatable bonds is 6. The van der Waals surface area contributed by atoms with Crippen molar-refractivity contribution >= 4 is 23.7 Å². The zero-order valence-electron chi connectivity index (χ0n) is 15.8. The second-order valence-electron chi connectivity index (χ2n) is 6.26. The van der Waals surface area contributed by atoms with Crippen LogP contribution in [0.2, 0.25) is 5.02 Å². The van der Waals surface area contributed by atoms with Gasteiger partial charge in [-0.05, 0) is 49.7 Å². The number of fused-ring (bicyclic) bond motifs is 1. The van der Waals surface area contributed by atoms with Crippen molar-refractivity contribution in [1.82, 2.24) is 5.43 Å². The summed E-state index contributed by atoms with van der Waals surface area (Å²) in [6.45, 7) is 4.75. The molecule has 0 radical (unpaired) electrons. The summed E-state index contributed by atoms with van der Waals surface area (Å²) in [4.78, 5) is 12.3. The Labute approximate surface area is 168 Å². The van der Waals surface area contributed by atoms with E-state index in [-0.39, 0.29) is 12.0 Å². The standard InChI is InChI=1S/C20H21ClN2O5/c1-12(2)28-16-5-4-14(10-17(16)25-3)20(24)23-22-11-13-8-15(21)19-18(9-13)26-6-7-27-19/h4-5,8-12H,6-7H2,1-3H3,(H,23,24)/b22-11-. The summed E-state index contributed by atoms with van der Waals surface area (Å²) >= 11 is 6.19. The quantitative estimate of drug-likeness (QED) is 0.587. The Balaban J connectivity index is 1.69. The highest BCUT2D eigenvalue weighted by Crippen LogP contribution is 2.37. The van der Waals surface area contributed by atoms with E-state index in [0.717, 1.165) is 0 Å². The second-order valence-corrected chi connectivity index (χ2v) is 6.67. The van der Waals surface area contributed by atoms with E-state index in [9.17, 15) is 4.79 Å². The summed E-state index contributed by atoms with van der Waals surface area (Å²) in [6, 6.07) is 8.37. The molecule has 28 heavy (non-hydrogen) atoms. The fraction of sp³-hybridized carbons (Fsp3) is 0.300. The zero-order chi connectivity index (χ0) is 20.1. The third-order valence-corrected chi connectivity index (χ3v) is 4.07. The van der Waals surface area contributed by atoms with Crippen LogP contribution in [0.1, 0.15) is 29.8 Å². The molecule has 0 saturated heterocycles. The summed E-state index contributed by atoms with van der Waals surface area (Å²) in [5, 5.41) is 4.41. The number of nitrogens with one attached hydrogen (secondary N) is 1. The van der Waals surface area contributed by atoms with Crippen LogP contribution in [-0.2, 0) is 0 Å². The summed E-state index contributed by atoms with van der Waals surface area (Å²) in [7, 11) is 1.52. The van der Waals surface area contributed by atoms with E-state index < -0.39 is 0 Å². The lowest BCUT2D eigenvalue weighted by Crippen LogP contribution is -2.18. The molecule has 2 aromatic rings. The Morgan fingerprint density at radius 2 is 2.00 bits per heavy atom. The first-order chi connectivity index (χ1) is 13.5. The number of hydrogen-bond acceptors (Lipinski definition) is 6. The lowest BCUT2D eigenvalue weighted by molar-refractivity contribution is 0.0954. The van der Waals surface area contributed by atoms with Crippen LogP contribution in [0.25, 0.3) is 0 Å². The van der Waals surface area contributed by atoms with Crippen molar-refractivity contribution in [3.05, 3.63) is 46.5 Å². The molecule has 0 spiro atoms. The molecule has 1 aliphatic heterocycles. The smallest absolute Gasteiger partial charge is 0.271 e. The van der Waals surface area contributed by atoms with Gasteiger partial charge in [0.2, 0.25) is 0 Å². The van der Waals surface area contributed by atoms with E-state index in [0.29, 0.717) is 52.4 Å². The molecule has 148 valence electrons. The number of carbonyl (C=O) groups excluding carboxylic acids is 1. The minimum atomic E-state index is -0.380. The Morgan fingerprint density at radius 3 is 2.75 bits per heavy atom. The molecule has 2 aromatic carbocycles. The highest BCUT2D eigenvalue weighted by Gasteiger charge is 2.16. The van der Waals surface area contributed by atoms with Gasteiger partial charge in [-0.1, -0.05) is 11.6 Å². The maximum Gasteiger partial charge on any atom is 0.271 e. The van der Waals surface area contributed by atoms with Crippen LogP contribution in [0.5, 0.6) is 23.0 Å². The lowest BCUT2D eigenvalue weighted by atomic mass is 10.2. The third-order valence-electron chi connectivity index (χ3n) is 3.79. The summed E-state index contributed by atoms with van der Waals surface area (Å²) in [5.41, 5.74) is 3.55. The Morgan fingerprint density at radius 1 is 1.21 bits per heavy atom. The Bertz CT molecular complexity index is 898. The molecule has 3 rings (SSSR count). The predicted molar refractivity (Wildman–Crippen MR) is 106 cm³/mol. The molecular formula is C20H21ClN2O5. The minimum Gasteiger partial charge on any atom is -0.493 e. The average molecular weight is 405 g/mol. The first-order valence-corrected chi connectivity index (χ1v) is 9.13. The molecule has 1 N–H and O–H groups in total. The molecule has 0 atom stereocenters. The molecule has 0 aliphatic carbocycles. The van der Waals surface area contributed by atoms with Crippen molar-refractivity contribution in [3.8, 4) is 23.0 Å². The Kier molecular flexibility index (Phi) is 6.26. The molecule has 0 saturated carbocycles. The highest BCUT2D eigenvalue weighted by atomic mass is 35.5. The van der Waals surface area contributed by atoms with Crippen LogP contribution >= 0.6 is 11.6 Å². The number of carbonyl (C=O) groups is 1. The van der Waals surface area contributed by atoms with Gasteiger partial charge in [0.05, 0.1) is 24.5 Å². The molecule has 1 amide bonds. The zero-order valence-corrected chi connectivity index (χ0v) is 16.6. The van der Waals surface area contributed by atoms with Gasteiger partial charge in [-0.3, -0.25) is 4.79 Å². The average Bonchev–Trinajstić information content (AvgIpc) is 2.68. The van der Waals surface area contributed by atoms with Gasteiger partial charge in [-0.25, -0.2) is 5.43 Å². The third kappa shape index (κ3) is 4.67. The van der Waals surface area contributed by atoms with E-state index >= 15 is 0 Å². The van der Waals surface area contributed by atoms with E-state index in [2.05, 4.69) is 10.5 Å². The molecular weight excluding hydrogens is 384 g/mol. The molecule has 0 unspecified atom stereocenters. The van der Waals surface area contributed by atoms with Gasteiger partial charge in [0.15, 0.2) is 23.0 Å². The fourth-order valence-corrected chi connectivity index (χ4v) is 2.87. The summed E-state index contributed by atoms with van der Waals surface area (Å²) in [5.74, 6) is 1.74. The van der Waals surface area contributed by atoms with Gasteiger partial charge in [-0.15, -0.1) is 0 Å². The van der Waals surface area contributed by atoms with Crippen molar-refractivity contribution in [2.45, 2.75) is 20.0 Å². The molecule has 7 nitrogen and oxygen atoms in total. The number of methoxy groups -OCH3 is 1. The first-order valence-electron chi connectivity index (χ1n) is 8.75. The summed E-state index contributed by atoms with van der Waals surface area (Å²) in [6.07, 6.45) is 1.48. The maximum atomic E-state index is 12.3. The van der Waals surface area contributed by atoms with Crippen LogP contribution in [0.4, 0.5) is 0 Å². The van der Waals surface area contributed by atoms with E-state index in [1.807, 2.05) is 13.8 Å². The van der Waals surface area contributed by atoms with Crippen molar-refractivity contribution in [2.75, 3.05) is 20.3 Å². The number of ether oxygens (including phenoxy) is 4. The molecule has 1 heterocycles. The lowest BCUT2D eigenvalue weighted by Gasteiger charge is -2.19. The SMILES string of the molecule is COc1cc(C(=O)N/N=C\c2cc(Cl)c3c(c2)OCCO3)ccc1OC(C)C. The van der Waals surface area contributed by atoms with Gasteiger partial charge < -0.3 is 18.9 Å². The topological polar surface area (TPSA) is 78.4 Å². The molecule has 0 fully saturated rings. The molecule has 0 aromatic heterocycles. The number of hydrogen-bond donors (Lipinski definition) is 1. The van der Waals surface area contributed by atoms with Crippen molar-refractivity contribution in [3.63, 3.8) is 0 Å². The van der Waals surface area contributed by atoms with Crippen LogP contribution in [0, 0.1) is 0 Å². The van der Waals surface area contributed by atoms with Crippen molar-refractivity contribution < 1.29 is 23.7 Å². The van der Waals surface area contributed by atoms with E-state index in [1.54, 1.807) is 30.3 Å². The highest BCUT2D eigenvalue weighted by molar-refractivity contribution is 6.32. The largest absolute Gasteiger partial charge is 0.493 e. The Hall–Kier alpha value is -2.93. The van der Waals surface area contributed by atoms with Crippen LogP contribution in [0.15, 0.2) is 35.4 Å². The molecule has 0 bridgehead atoms. The summed E-state index contributed by atoms with van der Waals surface area (Å²) < 4.78 is 21.9. The van der Waals surface area contributed by atoms with Gasteiger partial charge in [-0.2, -0.15) is 5.10 Å². The minimum absolute atomic E-state index is 0.00371. The normalized spacial score (nSPS) is 12.9. The van der Waals surface area contributed by atoms with Gasteiger partial charge in [0, 0.05) is 5.56 Å². The van der Waals surface area contributed by atoms with Crippen LogP contribution < -0.4 is 24.4 Å². The van der Waals surface area contributed by atoms with Crippen LogP contribution in [-0.4, -0.2) is 38.5 Å². The van der Waals surface area contributed by atoms with Crippen molar-refractivity contribution in [2.24, 2.45) is 5.10 Å². The maximum absolute atomic E-state index is 12.3. The number of halogens is 1. The van der Waals surface area contributed by atoms with Crippen LogP contribution in [0.3, 0.4) is 0 Å². The predicted octanol–water partition coefficient (Wildman–Crippen LogP) is 3.67. The number of amides is 1. The van der Waals surface area contributed by atoms with Crippen molar-refractivity contribution in [1.29, 1.82) is 0 Å². The van der Waals surface area contributed by atoms with Gasteiger partial charge in [0.25, 0.3) is 5.91 Å². The van der Waals surface area contributed by atoms with Gasteiger partial charge in [0.1, 0.15) is 13.2 Å². The monoisotopic (exact) mass is 404 g/mol. The fourth-order valence-electron chi connectivity index (χ4n) is 2.60. The second kappa shape index (κ2) is 8.84. The molecule has 8 heteroatoms. The number of nitrogens with zero attached hydrogens (tertiary/aromatic N) is 1. The van der Waals surface area contributed by atoms with Gasteiger partial charge >= 0.3 is 0 Å².